The van der Waals surface area contributed by atoms with Gasteiger partial charge >= 0.3 is 5.97 Å². The molecule has 92 valence electrons. The summed E-state index contributed by atoms with van der Waals surface area (Å²) in [6.45, 7) is 2.65. The molecule has 0 atom stereocenters. The highest BCUT2D eigenvalue weighted by atomic mass is 16.4. The van der Waals surface area contributed by atoms with Gasteiger partial charge in [0.1, 0.15) is 0 Å². The molecule has 2 aromatic rings. The second kappa shape index (κ2) is 5.31. The zero-order valence-corrected chi connectivity index (χ0v) is 10.1. The number of hydrogen-bond acceptors (Lipinski definition) is 3. The monoisotopic (exact) mass is 242 g/mol. The van der Waals surface area contributed by atoms with E-state index in [1.165, 1.54) is 12.3 Å². The first kappa shape index (κ1) is 12.1. The Morgan fingerprint density at radius 2 is 2.00 bits per heavy atom. The van der Waals surface area contributed by atoms with Crippen molar-refractivity contribution < 1.29 is 9.90 Å². The van der Waals surface area contributed by atoms with Gasteiger partial charge in [-0.2, -0.15) is 0 Å². The summed E-state index contributed by atoms with van der Waals surface area (Å²) in [5.41, 5.74) is 1.82. The number of aromatic nitrogens is 1. The number of pyridine rings is 1. The van der Waals surface area contributed by atoms with Gasteiger partial charge in [-0.15, -0.1) is 0 Å². The normalized spacial score (nSPS) is 10.1. The molecule has 0 bridgehead atoms. The number of para-hydroxylation sites is 1. The van der Waals surface area contributed by atoms with Crippen LogP contribution in [0.3, 0.4) is 0 Å². The predicted octanol–water partition coefficient (Wildman–Crippen LogP) is 2.94. The average Bonchev–Trinajstić information content (AvgIpc) is 2.41. The standard InChI is InChI=1S/C14H14N2O2/c1-2-16(11-6-4-3-5-7-11)13-10-15-9-8-12(13)14(17)18/h3-10H,2H2,1H3,(H,17,18). The lowest BCUT2D eigenvalue weighted by Gasteiger charge is -2.24. The van der Waals surface area contributed by atoms with Crippen molar-refractivity contribution in [2.45, 2.75) is 6.92 Å². The van der Waals surface area contributed by atoms with Crippen LogP contribution in [0.15, 0.2) is 48.8 Å². The summed E-state index contributed by atoms with van der Waals surface area (Å²) in [6, 6.07) is 11.2. The molecular formula is C14H14N2O2. The molecule has 18 heavy (non-hydrogen) atoms. The van der Waals surface area contributed by atoms with Gasteiger partial charge in [-0.3, -0.25) is 4.98 Å². The van der Waals surface area contributed by atoms with E-state index in [2.05, 4.69) is 4.98 Å². The van der Waals surface area contributed by atoms with E-state index in [0.717, 1.165) is 5.69 Å². The molecule has 0 fully saturated rings. The van der Waals surface area contributed by atoms with Crippen molar-refractivity contribution in [3.05, 3.63) is 54.4 Å². The Morgan fingerprint density at radius 3 is 2.61 bits per heavy atom. The molecule has 4 heteroatoms. The highest BCUT2D eigenvalue weighted by molar-refractivity contribution is 5.95. The first-order chi connectivity index (χ1) is 8.74. The molecule has 0 radical (unpaired) electrons. The topological polar surface area (TPSA) is 53.4 Å². The highest BCUT2D eigenvalue weighted by Crippen LogP contribution is 2.27. The van der Waals surface area contributed by atoms with Gasteiger partial charge in [0.25, 0.3) is 0 Å². The molecule has 0 aliphatic carbocycles. The fourth-order valence-corrected chi connectivity index (χ4v) is 1.88. The number of hydrogen-bond donors (Lipinski definition) is 1. The summed E-state index contributed by atoms with van der Waals surface area (Å²) in [5.74, 6) is -0.943. The van der Waals surface area contributed by atoms with Gasteiger partial charge in [0.05, 0.1) is 17.4 Å². The molecule has 0 aliphatic rings. The summed E-state index contributed by atoms with van der Waals surface area (Å²) >= 11 is 0. The van der Waals surface area contributed by atoms with Crippen LogP contribution in [0.5, 0.6) is 0 Å². The van der Waals surface area contributed by atoms with Crippen molar-refractivity contribution in [3.8, 4) is 0 Å². The van der Waals surface area contributed by atoms with Crippen LogP contribution in [0, 0.1) is 0 Å². The van der Waals surface area contributed by atoms with Crippen LogP contribution in [0.1, 0.15) is 17.3 Å². The lowest BCUT2D eigenvalue weighted by Crippen LogP contribution is -2.19. The lowest BCUT2D eigenvalue weighted by atomic mass is 10.2. The fourth-order valence-electron chi connectivity index (χ4n) is 1.88. The Labute approximate surface area is 106 Å². The van der Waals surface area contributed by atoms with E-state index >= 15 is 0 Å². The van der Waals surface area contributed by atoms with Gasteiger partial charge in [-0.05, 0) is 25.1 Å². The Balaban J connectivity index is 2.49. The third-order valence-electron chi connectivity index (χ3n) is 2.71. The Morgan fingerprint density at radius 1 is 1.28 bits per heavy atom. The molecule has 0 amide bonds. The van der Waals surface area contributed by atoms with E-state index in [1.54, 1.807) is 6.20 Å². The van der Waals surface area contributed by atoms with Crippen LogP contribution in [0.25, 0.3) is 0 Å². The maximum Gasteiger partial charge on any atom is 0.337 e. The molecule has 1 aromatic heterocycles. The van der Waals surface area contributed by atoms with Crippen molar-refractivity contribution >= 4 is 17.3 Å². The summed E-state index contributed by atoms with van der Waals surface area (Å²) in [5, 5.41) is 9.20. The van der Waals surface area contributed by atoms with Crippen molar-refractivity contribution in [3.63, 3.8) is 0 Å². The molecule has 0 spiro atoms. The van der Waals surface area contributed by atoms with Crippen LogP contribution in [-0.4, -0.2) is 22.6 Å². The Kier molecular flexibility index (Phi) is 3.57. The average molecular weight is 242 g/mol. The third kappa shape index (κ3) is 2.32. The van der Waals surface area contributed by atoms with Gasteiger partial charge in [0.2, 0.25) is 0 Å². The van der Waals surface area contributed by atoms with Crippen molar-refractivity contribution in [2.24, 2.45) is 0 Å². The molecule has 0 aliphatic heterocycles. The zero-order chi connectivity index (χ0) is 13.0. The van der Waals surface area contributed by atoms with E-state index < -0.39 is 5.97 Å². The summed E-state index contributed by atoms with van der Waals surface area (Å²) in [6.07, 6.45) is 3.08. The van der Waals surface area contributed by atoms with Crippen molar-refractivity contribution in [1.82, 2.24) is 4.98 Å². The van der Waals surface area contributed by atoms with E-state index in [-0.39, 0.29) is 5.56 Å². The number of carboxylic acids is 1. The number of aromatic carboxylic acids is 1. The number of nitrogens with zero attached hydrogens (tertiary/aromatic N) is 2. The van der Waals surface area contributed by atoms with Gasteiger partial charge < -0.3 is 10.0 Å². The summed E-state index contributed by atoms with van der Waals surface area (Å²) in [4.78, 5) is 17.2. The van der Waals surface area contributed by atoms with Crippen LogP contribution < -0.4 is 4.90 Å². The first-order valence-corrected chi connectivity index (χ1v) is 5.74. The largest absolute Gasteiger partial charge is 0.478 e. The third-order valence-corrected chi connectivity index (χ3v) is 2.71. The minimum atomic E-state index is -0.943. The molecule has 2 rings (SSSR count). The quantitative estimate of drug-likeness (QED) is 0.895. The second-order valence-corrected chi connectivity index (χ2v) is 3.78. The lowest BCUT2D eigenvalue weighted by molar-refractivity contribution is 0.0697. The Hall–Kier alpha value is -2.36. The SMILES string of the molecule is CCN(c1ccccc1)c1cnccc1C(=O)O. The molecule has 0 saturated carbocycles. The van der Waals surface area contributed by atoms with Crippen molar-refractivity contribution in [1.29, 1.82) is 0 Å². The maximum atomic E-state index is 11.2. The molecule has 1 aromatic carbocycles. The molecule has 1 N–H and O–H groups in total. The number of carboxylic acid groups (broad SMARTS) is 1. The van der Waals surface area contributed by atoms with E-state index in [1.807, 2.05) is 42.2 Å². The molecule has 4 nitrogen and oxygen atoms in total. The molecule has 0 saturated heterocycles. The smallest absolute Gasteiger partial charge is 0.337 e. The Bertz CT molecular complexity index is 541. The number of benzene rings is 1. The van der Waals surface area contributed by atoms with Crippen LogP contribution in [0.2, 0.25) is 0 Å². The highest BCUT2D eigenvalue weighted by Gasteiger charge is 2.15. The van der Waals surface area contributed by atoms with E-state index in [0.29, 0.717) is 12.2 Å². The summed E-state index contributed by atoms with van der Waals surface area (Å²) in [7, 11) is 0. The molecule has 1 heterocycles. The summed E-state index contributed by atoms with van der Waals surface area (Å²) < 4.78 is 0. The van der Waals surface area contributed by atoms with E-state index in [9.17, 15) is 9.90 Å². The number of carbonyl (C=O) groups is 1. The number of anilines is 2. The fraction of sp³-hybridized carbons (Fsp3) is 0.143. The first-order valence-electron chi connectivity index (χ1n) is 5.74. The minimum absolute atomic E-state index is 0.260. The van der Waals surface area contributed by atoms with Crippen LogP contribution in [0.4, 0.5) is 11.4 Å². The predicted molar refractivity (Wildman–Crippen MR) is 70.3 cm³/mol. The van der Waals surface area contributed by atoms with E-state index in [4.69, 9.17) is 0 Å². The minimum Gasteiger partial charge on any atom is -0.478 e. The number of rotatable bonds is 4. The van der Waals surface area contributed by atoms with Gasteiger partial charge in [0, 0.05) is 18.4 Å². The van der Waals surface area contributed by atoms with Gasteiger partial charge in [-0.1, -0.05) is 18.2 Å². The zero-order valence-electron chi connectivity index (χ0n) is 10.1. The van der Waals surface area contributed by atoms with Crippen LogP contribution in [-0.2, 0) is 0 Å². The second-order valence-electron chi connectivity index (χ2n) is 3.78. The molecular weight excluding hydrogens is 228 g/mol. The van der Waals surface area contributed by atoms with Gasteiger partial charge in [-0.25, -0.2) is 4.79 Å². The molecule has 0 unspecified atom stereocenters. The van der Waals surface area contributed by atoms with Crippen molar-refractivity contribution in [2.75, 3.05) is 11.4 Å². The maximum absolute atomic E-state index is 11.2. The van der Waals surface area contributed by atoms with Gasteiger partial charge in [0.15, 0.2) is 0 Å². The van der Waals surface area contributed by atoms with Crippen LogP contribution >= 0.6 is 0 Å².